The second kappa shape index (κ2) is 5.13. The van der Waals surface area contributed by atoms with Gasteiger partial charge in [0.25, 0.3) is 0 Å². The highest BCUT2D eigenvalue weighted by Gasteiger charge is 2.30. The van der Waals surface area contributed by atoms with Crippen molar-refractivity contribution >= 4 is 17.3 Å². The van der Waals surface area contributed by atoms with Crippen molar-refractivity contribution in [2.24, 2.45) is 7.05 Å². The molecular weight excluding hydrogens is 279 g/mol. The Kier molecular flexibility index (Phi) is 3.71. The number of alkyl halides is 3. The monoisotopic (exact) mass is 289 g/mol. The molecular formula is C12H11ClF3N3. The lowest BCUT2D eigenvalue weighted by atomic mass is 10.2. The molecule has 0 saturated carbocycles. The summed E-state index contributed by atoms with van der Waals surface area (Å²) in [5.41, 5.74) is -0.322. The van der Waals surface area contributed by atoms with Crippen molar-refractivity contribution in [1.29, 1.82) is 0 Å². The predicted octanol–water partition coefficient (Wildman–Crippen LogP) is 3.70. The molecule has 1 aromatic heterocycles. The molecule has 0 radical (unpaired) electrons. The quantitative estimate of drug-likeness (QED) is 0.933. The average Bonchev–Trinajstić information content (AvgIpc) is 2.72. The molecule has 1 N–H and O–H groups in total. The van der Waals surface area contributed by atoms with E-state index in [2.05, 4.69) is 10.3 Å². The summed E-state index contributed by atoms with van der Waals surface area (Å²) in [5.74, 6) is 0.760. The van der Waals surface area contributed by atoms with Crippen molar-refractivity contribution in [3.63, 3.8) is 0 Å². The van der Waals surface area contributed by atoms with E-state index in [-0.39, 0.29) is 5.02 Å². The standard InChI is InChI=1S/C12H11ClF3N3/c1-19-5-4-17-11(19)7-18-10-3-2-8(6-9(10)13)12(14,15)16/h2-6,18H,7H2,1H3. The summed E-state index contributed by atoms with van der Waals surface area (Å²) >= 11 is 5.83. The van der Waals surface area contributed by atoms with Gasteiger partial charge in [-0.3, -0.25) is 0 Å². The van der Waals surface area contributed by atoms with Crippen LogP contribution < -0.4 is 5.32 Å². The molecule has 0 aliphatic heterocycles. The summed E-state index contributed by atoms with van der Waals surface area (Å²) in [6.07, 6.45) is -0.960. The fourth-order valence-electron chi connectivity index (χ4n) is 1.58. The molecule has 19 heavy (non-hydrogen) atoms. The molecule has 0 fully saturated rings. The number of aryl methyl sites for hydroxylation is 1. The highest BCUT2D eigenvalue weighted by atomic mass is 35.5. The molecule has 102 valence electrons. The molecule has 1 heterocycles. The minimum atomic E-state index is -4.39. The zero-order valence-corrected chi connectivity index (χ0v) is 10.8. The van der Waals surface area contributed by atoms with Crippen LogP contribution in [0.3, 0.4) is 0 Å². The third kappa shape index (κ3) is 3.20. The predicted molar refractivity (Wildman–Crippen MR) is 67.0 cm³/mol. The number of nitrogens with zero attached hydrogens (tertiary/aromatic N) is 2. The van der Waals surface area contributed by atoms with E-state index in [9.17, 15) is 13.2 Å². The third-order valence-electron chi connectivity index (χ3n) is 2.65. The molecule has 0 unspecified atom stereocenters. The average molecular weight is 290 g/mol. The lowest BCUT2D eigenvalue weighted by molar-refractivity contribution is -0.137. The second-order valence-corrected chi connectivity index (χ2v) is 4.41. The van der Waals surface area contributed by atoms with E-state index in [4.69, 9.17) is 11.6 Å². The fraction of sp³-hybridized carbons (Fsp3) is 0.250. The van der Waals surface area contributed by atoms with Gasteiger partial charge < -0.3 is 9.88 Å². The van der Waals surface area contributed by atoms with Gasteiger partial charge in [0.2, 0.25) is 0 Å². The van der Waals surface area contributed by atoms with Crippen LogP contribution in [0.1, 0.15) is 11.4 Å². The molecule has 0 bridgehead atoms. The van der Waals surface area contributed by atoms with Crippen molar-refractivity contribution in [2.45, 2.75) is 12.7 Å². The minimum absolute atomic E-state index is 0.0315. The van der Waals surface area contributed by atoms with Crippen molar-refractivity contribution < 1.29 is 13.2 Å². The van der Waals surface area contributed by atoms with E-state index >= 15 is 0 Å². The summed E-state index contributed by atoms with van der Waals surface area (Å²) < 4.78 is 39.2. The molecule has 0 atom stereocenters. The first-order valence-electron chi connectivity index (χ1n) is 5.45. The first-order valence-corrected chi connectivity index (χ1v) is 5.82. The van der Waals surface area contributed by atoms with E-state index in [1.807, 2.05) is 11.6 Å². The van der Waals surface area contributed by atoms with Crippen LogP contribution in [0.5, 0.6) is 0 Å². The van der Waals surface area contributed by atoms with Crippen LogP contribution >= 0.6 is 11.6 Å². The Hall–Kier alpha value is -1.69. The zero-order valence-electron chi connectivity index (χ0n) is 10.0. The number of imidazole rings is 1. The van der Waals surface area contributed by atoms with Crippen molar-refractivity contribution in [3.8, 4) is 0 Å². The summed E-state index contributed by atoms with van der Waals surface area (Å²) in [4.78, 5) is 4.09. The molecule has 0 spiro atoms. The number of halogens is 4. The SMILES string of the molecule is Cn1ccnc1CNc1ccc(C(F)(F)F)cc1Cl. The summed E-state index contributed by atoms with van der Waals surface area (Å²) in [7, 11) is 1.83. The molecule has 0 amide bonds. The lowest BCUT2D eigenvalue weighted by Gasteiger charge is -2.11. The smallest absolute Gasteiger partial charge is 0.377 e. The van der Waals surface area contributed by atoms with Gasteiger partial charge in [-0.1, -0.05) is 11.6 Å². The van der Waals surface area contributed by atoms with Crippen LogP contribution in [0, 0.1) is 0 Å². The summed E-state index contributed by atoms with van der Waals surface area (Å²) in [6.45, 7) is 0.384. The number of anilines is 1. The molecule has 2 aromatic rings. The van der Waals surface area contributed by atoms with Crippen molar-refractivity contribution in [1.82, 2.24) is 9.55 Å². The maximum absolute atomic E-state index is 12.5. The topological polar surface area (TPSA) is 29.9 Å². The van der Waals surface area contributed by atoms with Gasteiger partial charge in [0.05, 0.1) is 22.8 Å². The van der Waals surface area contributed by atoms with Gasteiger partial charge in [0, 0.05) is 19.4 Å². The Morgan fingerprint density at radius 1 is 1.37 bits per heavy atom. The van der Waals surface area contributed by atoms with Gasteiger partial charge in [-0.05, 0) is 18.2 Å². The van der Waals surface area contributed by atoms with E-state index in [1.54, 1.807) is 12.4 Å². The van der Waals surface area contributed by atoms with Gasteiger partial charge >= 0.3 is 6.18 Å². The normalized spacial score (nSPS) is 11.6. The Morgan fingerprint density at radius 3 is 2.63 bits per heavy atom. The largest absolute Gasteiger partial charge is 0.416 e. The Bertz CT molecular complexity index is 578. The number of nitrogens with one attached hydrogen (secondary N) is 1. The second-order valence-electron chi connectivity index (χ2n) is 4.00. The van der Waals surface area contributed by atoms with Gasteiger partial charge in [-0.15, -0.1) is 0 Å². The first kappa shape index (κ1) is 13.7. The van der Waals surface area contributed by atoms with Crippen molar-refractivity contribution in [3.05, 3.63) is 47.0 Å². The lowest BCUT2D eigenvalue weighted by Crippen LogP contribution is -2.08. The Balaban J connectivity index is 2.12. The fourth-order valence-corrected chi connectivity index (χ4v) is 1.82. The highest BCUT2D eigenvalue weighted by Crippen LogP contribution is 2.33. The molecule has 0 aliphatic rings. The van der Waals surface area contributed by atoms with Gasteiger partial charge in [-0.25, -0.2) is 4.98 Å². The molecule has 2 rings (SSSR count). The van der Waals surface area contributed by atoms with Crippen LogP contribution in [0.2, 0.25) is 5.02 Å². The maximum Gasteiger partial charge on any atom is 0.416 e. The number of benzene rings is 1. The Labute approximate surface area is 113 Å². The van der Waals surface area contributed by atoms with Crippen molar-refractivity contribution in [2.75, 3.05) is 5.32 Å². The van der Waals surface area contributed by atoms with E-state index < -0.39 is 11.7 Å². The van der Waals surface area contributed by atoms with Crippen LogP contribution in [0.4, 0.5) is 18.9 Å². The first-order chi connectivity index (χ1) is 8.88. The summed E-state index contributed by atoms with van der Waals surface area (Å²) in [5, 5.41) is 2.98. The molecule has 3 nitrogen and oxygen atoms in total. The van der Waals surface area contributed by atoms with Crippen LogP contribution in [-0.4, -0.2) is 9.55 Å². The van der Waals surface area contributed by atoms with E-state index in [1.165, 1.54) is 6.07 Å². The summed E-state index contributed by atoms with van der Waals surface area (Å²) in [6, 6.07) is 3.21. The van der Waals surface area contributed by atoms with Gasteiger partial charge in [0.15, 0.2) is 0 Å². The van der Waals surface area contributed by atoms with E-state index in [0.717, 1.165) is 18.0 Å². The third-order valence-corrected chi connectivity index (χ3v) is 2.97. The van der Waals surface area contributed by atoms with Crippen LogP contribution in [0.25, 0.3) is 0 Å². The van der Waals surface area contributed by atoms with E-state index in [0.29, 0.717) is 12.2 Å². The zero-order chi connectivity index (χ0) is 14.0. The molecule has 0 aliphatic carbocycles. The molecule has 0 saturated heterocycles. The number of aromatic nitrogens is 2. The van der Waals surface area contributed by atoms with Crippen LogP contribution in [-0.2, 0) is 19.8 Å². The molecule has 1 aromatic carbocycles. The highest BCUT2D eigenvalue weighted by molar-refractivity contribution is 6.33. The van der Waals surface area contributed by atoms with Gasteiger partial charge in [0.1, 0.15) is 5.82 Å². The minimum Gasteiger partial charge on any atom is -0.377 e. The van der Waals surface area contributed by atoms with Crippen LogP contribution in [0.15, 0.2) is 30.6 Å². The number of hydrogen-bond donors (Lipinski definition) is 1. The number of hydrogen-bond acceptors (Lipinski definition) is 2. The molecule has 7 heteroatoms. The maximum atomic E-state index is 12.5. The van der Waals surface area contributed by atoms with Gasteiger partial charge in [-0.2, -0.15) is 13.2 Å². The number of rotatable bonds is 3. The Morgan fingerprint density at radius 2 is 2.11 bits per heavy atom.